The highest BCUT2D eigenvalue weighted by atomic mass is 35.5. The largest absolute Gasteiger partial charge is 0.481 e. The highest BCUT2D eigenvalue weighted by Gasteiger charge is 2.08. The molecule has 0 unspecified atom stereocenters. The Balaban J connectivity index is 2.07. The van der Waals surface area contributed by atoms with Gasteiger partial charge in [0, 0.05) is 18.4 Å². The van der Waals surface area contributed by atoms with Gasteiger partial charge in [-0.3, -0.25) is 4.79 Å². The third-order valence-electron chi connectivity index (χ3n) is 2.55. The molecule has 4 nitrogen and oxygen atoms in total. The number of oxazole rings is 1. The average Bonchev–Trinajstić information content (AvgIpc) is 2.81. The zero-order chi connectivity index (χ0) is 13.8. The van der Waals surface area contributed by atoms with Gasteiger partial charge in [0.25, 0.3) is 0 Å². The fourth-order valence-corrected chi connectivity index (χ4v) is 1.90. The van der Waals surface area contributed by atoms with Gasteiger partial charge in [0.2, 0.25) is 0 Å². The van der Waals surface area contributed by atoms with Crippen molar-refractivity contribution < 1.29 is 14.3 Å². The molecule has 19 heavy (non-hydrogen) atoms. The first-order chi connectivity index (χ1) is 9.06. The zero-order valence-corrected chi connectivity index (χ0v) is 11.4. The van der Waals surface area contributed by atoms with E-state index in [-0.39, 0.29) is 6.42 Å². The van der Waals surface area contributed by atoms with Gasteiger partial charge in [0.15, 0.2) is 5.89 Å². The molecule has 100 valence electrons. The molecule has 0 amide bonds. The third kappa shape index (κ3) is 3.72. The number of benzene rings is 1. The number of carboxylic acids is 1. The smallest absolute Gasteiger partial charge is 0.303 e. The van der Waals surface area contributed by atoms with Crippen molar-refractivity contribution in [3.63, 3.8) is 0 Å². The molecule has 0 aliphatic heterocycles. The van der Waals surface area contributed by atoms with Crippen LogP contribution >= 0.6 is 23.2 Å². The Morgan fingerprint density at radius 1 is 1.32 bits per heavy atom. The topological polar surface area (TPSA) is 63.3 Å². The molecule has 0 aliphatic carbocycles. The van der Waals surface area contributed by atoms with Crippen LogP contribution in [0.2, 0.25) is 10.0 Å². The van der Waals surface area contributed by atoms with Crippen LogP contribution in [0.3, 0.4) is 0 Å². The van der Waals surface area contributed by atoms with Gasteiger partial charge < -0.3 is 9.52 Å². The van der Waals surface area contributed by atoms with Crippen LogP contribution in [-0.2, 0) is 11.2 Å². The van der Waals surface area contributed by atoms with E-state index in [1.165, 1.54) is 6.26 Å². The summed E-state index contributed by atoms with van der Waals surface area (Å²) in [4.78, 5) is 14.7. The maximum absolute atomic E-state index is 10.4. The zero-order valence-electron chi connectivity index (χ0n) is 9.90. The predicted octanol–water partition coefficient (Wildman–Crippen LogP) is 4.06. The summed E-state index contributed by atoms with van der Waals surface area (Å²) in [6, 6.07) is 5.20. The third-order valence-corrected chi connectivity index (χ3v) is 3.29. The van der Waals surface area contributed by atoms with E-state index in [1.807, 2.05) is 0 Å². The Morgan fingerprint density at radius 2 is 2.11 bits per heavy atom. The van der Waals surface area contributed by atoms with Crippen LogP contribution in [-0.4, -0.2) is 16.1 Å². The van der Waals surface area contributed by atoms with Crippen LogP contribution < -0.4 is 0 Å². The molecule has 0 saturated heterocycles. The Morgan fingerprint density at radius 3 is 2.79 bits per heavy atom. The van der Waals surface area contributed by atoms with Gasteiger partial charge in [0.1, 0.15) is 12.0 Å². The van der Waals surface area contributed by atoms with Crippen molar-refractivity contribution in [2.24, 2.45) is 0 Å². The molecule has 2 aromatic rings. The van der Waals surface area contributed by atoms with Crippen LogP contribution in [0.1, 0.15) is 18.7 Å². The number of aliphatic carboxylic acids is 1. The summed E-state index contributed by atoms with van der Waals surface area (Å²) in [6.07, 6.45) is 2.62. The van der Waals surface area contributed by atoms with Crippen molar-refractivity contribution in [2.75, 3.05) is 0 Å². The minimum Gasteiger partial charge on any atom is -0.481 e. The van der Waals surface area contributed by atoms with Crippen molar-refractivity contribution in [1.29, 1.82) is 0 Å². The van der Waals surface area contributed by atoms with Crippen molar-refractivity contribution in [1.82, 2.24) is 4.98 Å². The molecule has 0 bridgehead atoms. The van der Waals surface area contributed by atoms with Crippen molar-refractivity contribution in [3.05, 3.63) is 40.4 Å². The number of carbonyl (C=O) groups is 1. The minimum absolute atomic E-state index is 0.102. The second kappa shape index (κ2) is 6.08. The van der Waals surface area contributed by atoms with E-state index >= 15 is 0 Å². The lowest BCUT2D eigenvalue weighted by Crippen LogP contribution is -1.95. The molecule has 0 fully saturated rings. The lowest BCUT2D eigenvalue weighted by molar-refractivity contribution is -0.137. The highest BCUT2D eigenvalue weighted by molar-refractivity contribution is 6.42. The molecular weight excluding hydrogens is 289 g/mol. The van der Waals surface area contributed by atoms with Gasteiger partial charge in [-0.1, -0.05) is 29.3 Å². The van der Waals surface area contributed by atoms with Crippen LogP contribution in [0, 0.1) is 0 Å². The minimum atomic E-state index is -0.823. The van der Waals surface area contributed by atoms with E-state index in [9.17, 15) is 4.79 Å². The highest BCUT2D eigenvalue weighted by Crippen LogP contribution is 2.28. The number of aryl methyl sites for hydroxylation is 1. The summed E-state index contributed by atoms with van der Waals surface area (Å²) in [5, 5.41) is 9.49. The maximum atomic E-state index is 10.4. The fourth-order valence-electron chi connectivity index (χ4n) is 1.60. The van der Waals surface area contributed by atoms with Crippen LogP contribution in [0.25, 0.3) is 11.3 Å². The number of carboxylic acid groups (broad SMARTS) is 1. The van der Waals surface area contributed by atoms with Gasteiger partial charge >= 0.3 is 5.97 Å². The first-order valence-electron chi connectivity index (χ1n) is 5.68. The summed E-state index contributed by atoms with van der Waals surface area (Å²) in [7, 11) is 0. The number of rotatable bonds is 5. The Bertz CT molecular complexity index is 595. The Labute approximate surface area is 120 Å². The molecule has 1 N–H and O–H groups in total. The first-order valence-corrected chi connectivity index (χ1v) is 6.43. The summed E-state index contributed by atoms with van der Waals surface area (Å²) in [5.41, 5.74) is 1.46. The van der Waals surface area contributed by atoms with Gasteiger partial charge in [-0.25, -0.2) is 4.98 Å². The van der Waals surface area contributed by atoms with Gasteiger partial charge in [-0.2, -0.15) is 0 Å². The number of halogens is 2. The lowest BCUT2D eigenvalue weighted by atomic mass is 10.2. The van der Waals surface area contributed by atoms with Crippen molar-refractivity contribution in [2.45, 2.75) is 19.3 Å². The molecule has 0 radical (unpaired) electrons. The van der Waals surface area contributed by atoms with E-state index in [2.05, 4.69) is 4.98 Å². The van der Waals surface area contributed by atoms with E-state index < -0.39 is 5.97 Å². The molecule has 2 rings (SSSR count). The molecule has 0 aliphatic rings. The summed E-state index contributed by atoms with van der Waals surface area (Å²) >= 11 is 11.8. The quantitative estimate of drug-likeness (QED) is 0.904. The lowest BCUT2D eigenvalue weighted by Gasteiger charge is -1.98. The SMILES string of the molecule is O=C(O)CCCc1nc(-c2ccc(Cl)c(Cl)c2)co1. The molecule has 6 heteroatoms. The van der Waals surface area contributed by atoms with E-state index in [1.54, 1.807) is 18.2 Å². The summed E-state index contributed by atoms with van der Waals surface area (Å²) in [5.74, 6) is -0.307. The Hall–Kier alpha value is -1.52. The fraction of sp³-hybridized carbons (Fsp3) is 0.231. The molecule has 0 saturated carbocycles. The van der Waals surface area contributed by atoms with Crippen LogP contribution in [0.15, 0.2) is 28.9 Å². The molecule has 1 heterocycles. The molecule has 0 spiro atoms. The second-order valence-corrected chi connectivity index (χ2v) is 4.82. The second-order valence-electron chi connectivity index (χ2n) is 4.00. The van der Waals surface area contributed by atoms with Gasteiger partial charge in [-0.15, -0.1) is 0 Å². The average molecular weight is 300 g/mol. The molecule has 0 atom stereocenters. The summed E-state index contributed by atoms with van der Waals surface area (Å²) in [6.45, 7) is 0. The van der Waals surface area contributed by atoms with Gasteiger partial charge in [0.05, 0.1) is 10.0 Å². The van der Waals surface area contributed by atoms with Crippen molar-refractivity contribution >= 4 is 29.2 Å². The number of nitrogens with zero attached hydrogens (tertiary/aromatic N) is 1. The standard InChI is InChI=1S/C13H11Cl2NO3/c14-9-5-4-8(6-10(9)15)11-7-19-12(16-11)2-1-3-13(17)18/h4-7H,1-3H2,(H,17,18). The molecular formula is C13H11Cl2NO3. The van der Waals surface area contributed by atoms with E-state index in [0.29, 0.717) is 34.5 Å². The van der Waals surface area contributed by atoms with Crippen LogP contribution in [0.5, 0.6) is 0 Å². The monoisotopic (exact) mass is 299 g/mol. The van der Waals surface area contributed by atoms with Crippen molar-refractivity contribution in [3.8, 4) is 11.3 Å². The normalized spacial score (nSPS) is 10.6. The number of hydrogen-bond acceptors (Lipinski definition) is 3. The predicted molar refractivity (Wildman–Crippen MR) is 72.5 cm³/mol. The number of aromatic nitrogens is 1. The van der Waals surface area contributed by atoms with E-state index in [4.69, 9.17) is 32.7 Å². The van der Waals surface area contributed by atoms with Gasteiger partial charge in [-0.05, 0) is 18.6 Å². The number of hydrogen-bond donors (Lipinski definition) is 1. The van der Waals surface area contributed by atoms with E-state index in [0.717, 1.165) is 5.56 Å². The first kappa shape index (κ1) is 13.9. The molecule has 1 aromatic carbocycles. The van der Waals surface area contributed by atoms with Crippen LogP contribution in [0.4, 0.5) is 0 Å². The maximum Gasteiger partial charge on any atom is 0.303 e. The molecule has 1 aromatic heterocycles. The summed E-state index contributed by atoms with van der Waals surface area (Å²) < 4.78 is 5.29. The Kier molecular flexibility index (Phi) is 4.45.